The number of hydrogen-bond donors (Lipinski definition) is 2. The Balaban J connectivity index is 1.57. The first-order chi connectivity index (χ1) is 16.7. The van der Waals surface area contributed by atoms with Gasteiger partial charge in [0.25, 0.3) is 5.91 Å². The molecule has 1 aliphatic carbocycles. The summed E-state index contributed by atoms with van der Waals surface area (Å²) in [5, 5.41) is 17.5. The van der Waals surface area contributed by atoms with E-state index < -0.39 is 11.7 Å². The van der Waals surface area contributed by atoms with E-state index in [2.05, 4.69) is 21.5 Å². The van der Waals surface area contributed by atoms with Crippen molar-refractivity contribution < 1.29 is 9.18 Å². The normalized spacial score (nSPS) is 20.5. The van der Waals surface area contributed by atoms with Crippen LogP contribution in [0.5, 0.6) is 0 Å². The van der Waals surface area contributed by atoms with Crippen LogP contribution < -0.4 is 11.1 Å². The number of aromatic nitrogens is 3. The van der Waals surface area contributed by atoms with Crippen LogP contribution in [-0.2, 0) is 5.41 Å². The standard InChI is InChI=1S/C25H25ClFN7O/c1-13-8-14(10-28)32-34(13)15-6-7-25(9-15)12-31-23-20(25)21(26)17(11-30-23)16-4-5-18(29)19(22(16)27)24(35)33(2)3/h4-5,8,11,15H,6-7,9,12,29H2,1-3H3,(H,30,31)/t15-,25-/m1/s1. The molecule has 1 fully saturated rings. The van der Waals surface area contributed by atoms with E-state index in [1.807, 2.05) is 11.6 Å². The van der Waals surface area contributed by atoms with E-state index in [4.69, 9.17) is 17.3 Å². The third-order valence-corrected chi connectivity index (χ3v) is 7.58. The Morgan fingerprint density at radius 3 is 2.86 bits per heavy atom. The molecule has 1 spiro atoms. The van der Waals surface area contributed by atoms with Gasteiger partial charge in [0.1, 0.15) is 17.7 Å². The van der Waals surface area contributed by atoms with Gasteiger partial charge in [0, 0.05) is 60.3 Å². The van der Waals surface area contributed by atoms with Gasteiger partial charge in [-0.1, -0.05) is 11.6 Å². The summed E-state index contributed by atoms with van der Waals surface area (Å²) in [6.07, 6.45) is 4.01. The number of nitriles is 1. The second-order valence-electron chi connectivity index (χ2n) is 9.56. The van der Waals surface area contributed by atoms with Crippen LogP contribution >= 0.6 is 11.6 Å². The second-order valence-corrected chi connectivity index (χ2v) is 9.94. The first kappa shape index (κ1) is 23.1. The number of nitrogen functional groups attached to an aromatic ring is 1. The number of anilines is 2. The van der Waals surface area contributed by atoms with Gasteiger partial charge in [-0.2, -0.15) is 10.4 Å². The van der Waals surface area contributed by atoms with Crippen LogP contribution in [0.4, 0.5) is 15.9 Å². The molecule has 2 aromatic heterocycles. The second kappa shape index (κ2) is 8.24. The number of halogens is 2. The Bertz CT molecular complexity index is 1410. The number of rotatable bonds is 3. The number of nitrogens with one attached hydrogen (secondary N) is 1. The van der Waals surface area contributed by atoms with Gasteiger partial charge in [-0.15, -0.1) is 0 Å². The molecule has 0 unspecified atom stereocenters. The Morgan fingerprint density at radius 1 is 1.40 bits per heavy atom. The Labute approximate surface area is 207 Å². The average Bonchev–Trinajstić information content (AvgIpc) is 3.52. The SMILES string of the molecule is Cc1cc(C#N)nn1[C@@H]1CC[C@]2(CNc3ncc(-c4ccc(N)c(C(=O)N(C)C)c4F)c(Cl)c32)C1. The predicted molar refractivity (Wildman–Crippen MR) is 132 cm³/mol. The molecule has 1 aliphatic heterocycles. The molecule has 3 aromatic rings. The summed E-state index contributed by atoms with van der Waals surface area (Å²) < 4.78 is 17.6. The lowest BCUT2D eigenvalue weighted by atomic mass is 9.80. The van der Waals surface area contributed by atoms with Crippen molar-refractivity contribution in [3.8, 4) is 17.2 Å². The molecule has 5 rings (SSSR count). The molecule has 2 aliphatic rings. The highest BCUT2D eigenvalue weighted by molar-refractivity contribution is 6.34. The van der Waals surface area contributed by atoms with Crippen LogP contribution in [0.25, 0.3) is 11.1 Å². The molecule has 0 saturated heterocycles. The maximum absolute atomic E-state index is 15.6. The van der Waals surface area contributed by atoms with E-state index >= 15 is 4.39 Å². The fourth-order valence-electron chi connectivity index (χ4n) is 5.48. The molecule has 2 atom stereocenters. The lowest BCUT2D eigenvalue weighted by molar-refractivity contribution is 0.0824. The van der Waals surface area contributed by atoms with Crippen molar-refractivity contribution in [1.82, 2.24) is 19.7 Å². The molecular formula is C25H25ClFN7O. The first-order valence-corrected chi connectivity index (χ1v) is 11.7. The average molecular weight is 494 g/mol. The maximum atomic E-state index is 15.6. The fraction of sp³-hybridized carbons (Fsp3) is 0.360. The number of hydrogen-bond acceptors (Lipinski definition) is 6. The van der Waals surface area contributed by atoms with Gasteiger partial charge in [0.05, 0.1) is 16.6 Å². The van der Waals surface area contributed by atoms with Crippen LogP contribution in [-0.4, -0.2) is 46.2 Å². The van der Waals surface area contributed by atoms with Crippen LogP contribution in [0.1, 0.15) is 52.6 Å². The smallest absolute Gasteiger partial charge is 0.258 e. The van der Waals surface area contributed by atoms with Gasteiger partial charge in [-0.3, -0.25) is 9.48 Å². The summed E-state index contributed by atoms with van der Waals surface area (Å²) in [4.78, 5) is 18.4. The number of benzene rings is 1. The number of carbonyl (C=O) groups is 1. The fourth-order valence-corrected chi connectivity index (χ4v) is 5.92. The molecule has 3 heterocycles. The van der Waals surface area contributed by atoms with E-state index in [1.165, 1.54) is 23.2 Å². The molecule has 3 N–H and O–H groups in total. The molecule has 0 radical (unpaired) electrons. The quantitative estimate of drug-likeness (QED) is 0.526. The first-order valence-electron chi connectivity index (χ1n) is 11.4. The maximum Gasteiger partial charge on any atom is 0.258 e. The third-order valence-electron chi connectivity index (χ3n) is 7.19. The summed E-state index contributed by atoms with van der Waals surface area (Å²) in [5.74, 6) is -0.544. The molecule has 180 valence electrons. The lowest BCUT2D eigenvalue weighted by Gasteiger charge is -2.25. The molecule has 35 heavy (non-hydrogen) atoms. The van der Waals surface area contributed by atoms with Gasteiger partial charge in [-0.25, -0.2) is 9.37 Å². The zero-order valence-electron chi connectivity index (χ0n) is 19.7. The van der Waals surface area contributed by atoms with Crippen molar-refractivity contribution >= 4 is 29.0 Å². The zero-order chi connectivity index (χ0) is 25.1. The van der Waals surface area contributed by atoms with E-state index in [0.29, 0.717) is 28.6 Å². The molecule has 1 aromatic carbocycles. The number of nitrogens with two attached hydrogens (primary N) is 1. The Morgan fingerprint density at radius 2 is 2.17 bits per heavy atom. The summed E-state index contributed by atoms with van der Waals surface area (Å²) in [6.45, 7) is 2.61. The lowest BCUT2D eigenvalue weighted by Crippen LogP contribution is -2.26. The number of amides is 1. The third kappa shape index (κ3) is 3.51. The van der Waals surface area contributed by atoms with E-state index in [1.54, 1.807) is 20.2 Å². The molecule has 0 bridgehead atoms. The zero-order valence-corrected chi connectivity index (χ0v) is 20.4. The summed E-state index contributed by atoms with van der Waals surface area (Å²) in [7, 11) is 3.09. The van der Waals surface area contributed by atoms with E-state index in [-0.39, 0.29) is 28.3 Å². The van der Waals surface area contributed by atoms with Gasteiger partial charge < -0.3 is 16.0 Å². The minimum absolute atomic E-state index is 0.0679. The van der Waals surface area contributed by atoms with Crippen LogP contribution in [0, 0.1) is 24.1 Å². The predicted octanol–water partition coefficient (Wildman–Crippen LogP) is 4.29. The summed E-state index contributed by atoms with van der Waals surface area (Å²) >= 11 is 6.98. The van der Waals surface area contributed by atoms with E-state index in [0.717, 1.165) is 30.5 Å². The summed E-state index contributed by atoms with van der Waals surface area (Å²) in [5.41, 5.74) is 8.35. The highest BCUT2D eigenvalue weighted by Crippen LogP contribution is 2.54. The number of aryl methyl sites for hydroxylation is 1. The minimum Gasteiger partial charge on any atom is -0.398 e. The van der Waals surface area contributed by atoms with E-state index in [9.17, 15) is 10.1 Å². The van der Waals surface area contributed by atoms with Crippen molar-refractivity contribution in [3.05, 3.63) is 57.8 Å². The monoisotopic (exact) mass is 493 g/mol. The molecule has 10 heteroatoms. The molecular weight excluding hydrogens is 469 g/mol. The topological polar surface area (TPSA) is 113 Å². The molecule has 1 amide bonds. The van der Waals surface area contributed by atoms with Crippen LogP contribution in [0.3, 0.4) is 0 Å². The van der Waals surface area contributed by atoms with Crippen LogP contribution in [0.15, 0.2) is 24.4 Å². The van der Waals surface area contributed by atoms with Gasteiger partial charge in [0.15, 0.2) is 5.69 Å². The van der Waals surface area contributed by atoms with Crippen molar-refractivity contribution in [1.29, 1.82) is 5.26 Å². The summed E-state index contributed by atoms with van der Waals surface area (Å²) in [6, 6.07) is 7.06. The number of fused-ring (bicyclic) bond motifs is 2. The van der Waals surface area contributed by atoms with Crippen molar-refractivity contribution in [2.75, 3.05) is 31.7 Å². The van der Waals surface area contributed by atoms with Gasteiger partial charge in [0.2, 0.25) is 0 Å². The number of pyridine rings is 1. The van der Waals surface area contributed by atoms with Crippen molar-refractivity contribution in [3.63, 3.8) is 0 Å². The van der Waals surface area contributed by atoms with Gasteiger partial charge in [-0.05, 0) is 44.4 Å². The van der Waals surface area contributed by atoms with Crippen molar-refractivity contribution in [2.45, 2.75) is 37.6 Å². The Hall–Kier alpha value is -3.64. The number of carbonyl (C=O) groups excluding carboxylic acids is 1. The molecule has 8 nitrogen and oxygen atoms in total. The van der Waals surface area contributed by atoms with Crippen molar-refractivity contribution in [2.24, 2.45) is 0 Å². The molecule has 1 saturated carbocycles. The Kier molecular flexibility index (Phi) is 5.44. The van der Waals surface area contributed by atoms with Gasteiger partial charge >= 0.3 is 0 Å². The largest absolute Gasteiger partial charge is 0.398 e. The highest BCUT2D eigenvalue weighted by atomic mass is 35.5. The number of nitrogens with zero attached hydrogens (tertiary/aromatic N) is 5. The highest BCUT2D eigenvalue weighted by Gasteiger charge is 2.48. The van der Waals surface area contributed by atoms with Crippen LogP contribution in [0.2, 0.25) is 5.02 Å². The minimum atomic E-state index is -0.715.